The molecule has 26 heavy (non-hydrogen) atoms. The smallest absolute Gasteiger partial charge is 0.353 e. The first-order valence-corrected chi connectivity index (χ1v) is 10.3. The first-order valence-electron chi connectivity index (χ1n) is 7.23. The van der Waals surface area contributed by atoms with Crippen molar-refractivity contribution in [3.05, 3.63) is 0 Å². The molecule has 0 heterocycles. The summed E-state index contributed by atoms with van der Waals surface area (Å²) in [6, 6.07) is -1.60. The van der Waals surface area contributed by atoms with E-state index in [-0.39, 0.29) is 6.42 Å². The number of nitrogens with one attached hydrogen (secondary N) is 1. The summed E-state index contributed by atoms with van der Waals surface area (Å²) in [5.74, 6) is -3.66. The van der Waals surface area contributed by atoms with Crippen LogP contribution in [0.4, 0.5) is 26.3 Å². The van der Waals surface area contributed by atoms with E-state index in [9.17, 15) is 48.0 Å². The van der Waals surface area contributed by atoms with Gasteiger partial charge in [0, 0.05) is 17.9 Å². The number of halogens is 6. The predicted octanol–water partition coefficient (Wildman–Crippen LogP) is 2.37. The maximum absolute atomic E-state index is 12.8. The zero-order valence-electron chi connectivity index (χ0n) is 14.1. The molecule has 0 bridgehead atoms. The lowest BCUT2D eigenvalue weighted by molar-refractivity contribution is -0.125. The summed E-state index contributed by atoms with van der Waals surface area (Å²) in [6.07, 6.45) is 0.290. The quantitative estimate of drug-likeness (QED) is 0.620. The average Bonchev–Trinajstić information content (AvgIpc) is 2.43. The highest BCUT2D eigenvalue weighted by Crippen LogP contribution is 2.40. The second-order valence-corrected chi connectivity index (χ2v) is 10.2. The van der Waals surface area contributed by atoms with Gasteiger partial charge in [-0.3, -0.25) is 4.79 Å². The molecule has 3 atom stereocenters. The van der Waals surface area contributed by atoms with Gasteiger partial charge in [-0.25, -0.2) is 16.8 Å². The number of rotatable bonds is 7. The third-order valence-corrected chi connectivity index (χ3v) is 8.80. The number of amides is 1. The minimum atomic E-state index is -6.74. The number of carbonyl (C=O) groups is 1. The van der Waals surface area contributed by atoms with Crippen LogP contribution >= 0.6 is 0 Å². The van der Waals surface area contributed by atoms with Crippen molar-refractivity contribution in [2.24, 2.45) is 11.8 Å². The zero-order valence-corrected chi connectivity index (χ0v) is 15.8. The van der Waals surface area contributed by atoms with Crippen molar-refractivity contribution in [2.45, 2.75) is 55.8 Å². The van der Waals surface area contributed by atoms with Gasteiger partial charge in [0.2, 0.25) is 5.91 Å². The summed E-state index contributed by atoms with van der Waals surface area (Å²) >= 11 is 0. The highest BCUT2D eigenvalue weighted by atomic mass is 32.3. The zero-order chi connectivity index (χ0) is 21.3. The summed E-state index contributed by atoms with van der Waals surface area (Å²) in [5.41, 5.74) is -12.5. The van der Waals surface area contributed by atoms with Crippen molar-refractivity contribution in [3.63, 3.8) is 0 Å². The average molecular weight is 435 g/mol. The van der Waals surface area contributed by atoms with E-state index in [1.807, 2.05) is 0 Å². The van der Waals surface area contributed by atoms with Gasteiger partial charge in [0.25, 0.3) is 19.7 Å². The van der Waals surface area contributed by atoms with Crippen LogP contribution in [-0.2, 0) is 24.5 Å². The van der Waals surface area contributed by atoms with Gasteiger partial charge in [0.1, 0.15) is 0 Å². The van der Waals surface area contributed by atoms with Gasteiger partial charge in [0.05, 0.1) is 0 Å². The molecule has 156 valence electrons. The molecule has 0 fully saturated rings. The molecular weight excluding hydrogens is 416 g/mol. The third kappa shape index (κ3) is 5.02. The Morgan fingerprint density at radius 1 is 0.885 bits per heavy atom. The molecule has 0 radical (unpaired) electrons. The Bertz CT molecular complexity index is 669. The number of alkyl halides is 6. The van der Waals surface area contributed by atoms with E-state index in [1.165, 1.54) is 6.92 Å². The van der Waals surface area contributed by atoms with Crippen LogP contribution in [0.25, 0.3) is 0 Å². The van der Waals surface area contributed by atoms with E-state index in [4.69, 9.17) is 0 Å². The molecule has 0 aromatic rings. The highest BCUT2D eigenvalue weighted by molar-refractivity contribution is 8.09. The molecule has 0 aliphatic rings. The molecule has 1 N–H and O–H groups in total. The fraction of sp³-hybridized carbons (Fsp3) is 0.917. The third-order valence-electron chi connectivity index (χ3n) is 3.90. The first kappa shape index (κ1) is 24.9. The molecule has 0 aromatic carbocycles. The van der Waals surface area contributed by atoms with Gasteiger partial charge >= 0.3 is 11.0 Å². The minimum Gasteiger partial charge on any atom is -0.353 e. The van der Waals surface area contributed by atoms with Crippen LogP contribution in [0, 0.1) is 11.8 Å². The Kier molecular flexibility index (Phi) is 7.58. The van der Waals surface area contributed by atoms with Crippen LogP contribution in [0.5, 0.6) is 0 Å². The van der Waals surface area contributed by atoms with Crippen LogP contribution in [0.1, 0.15) is 34.1 Å². The minimum absolute atomic E-state index is 0.290. The summed E-state index contributed by atoms with van der Waals surface area (Å²) in [6.45, 7) is 4.51. The predicted molar refractivity (Wildman–Crippen MR) is 80.0 cm³/mol. The molecule has 0 aliphatic carbocycles. The van der Waals surface area contributed by atoms with Crippen LogP contribution in [-0.4, -0.2) is 44.4 Å². The molecule has 0 rings (SSSR count). The van der Waals surface area contributed by atoms with Gasteiger partial charge in [-0.1, -0.05) is 20.8 Å². The molecular formula is C12H19F6NO5S2. The van der Waals surface area contributed by atoms with E-state index in [0.29, 0.717) is 6.92 Å². The fourth-order valence-corrected chi connectivity index (χ4v) is 6.03. The van der Waals surface area contributed by atoms with Crippen molar-refractivity contribution >= 4 is 25.6 Å². The summed E-state index contributed by atoms with van der Waals surface area (Å²) in [5, 5.41) is 2.06. The molecule has 6 nitrogen and oxygen atoms in total. The Labute approximate surface area is 147 Å². The van der Waals surface area contributed by atoms with Crippen molar-refractivity contribution < 1.29 is 48.0 Å². The van der Waals surface area contributed by atoms with Gasteiger partial charge in [-0.15, -0.1) is 0 Å². The Morgan fingerprint density at radius 2 is 1.23 bits per heavy atom. The van der Waals surface area contributed by atoms with Crippen LogP contribution in [0.2, 0.25) is 0 Å². The van der Waals surface area contributed by atoms with Gasteiger partial charge in [0.15, 0.2) is 4.58 Å². The van der Waals surface area contributed by atoms with E-state index < -0.39 is 59.1 Å². The topological polar surface area (TPSA) is 97.4 Å². The van der Waals surface area contributed by atoms with Crippen LogP contribution < -0.4 is 5.32 Å². The number of sulfone groups is 2. The van der Waals surface area contributed by atoms with Crippen molar-refractivity contribution in [2.75, 3.05) is 0 Å². The number of hydrogen-bond donors (Lipinski definition) is 1. The van der Waals surface area contributed by atoms with E-state index in [2.05, 4.69) is 5.32 Å². The molecule has 0 saturated carbocycles. The van der Waals surface area contributed by atoms with Crippen LogP contribution in [0.3, 0.4) is 0 Å². The summed E-state index contributed by atoms with van der Waals surface area (Å²) in [4.78, 5) is 11.8. The first-order chi connectivity index (χ1) is 11.3. The van der Waals surface area contributed by atoms with Crippen molar-refractivity contribution in [1.82, 2.24) is 5.32 Å². The molecule has 3 unspecified atom stereocenters. The Balaban J connectivity index is 6.19. The molecule has 1 amide bonds. The van der Waals surface area contributed by atoms with E-state index in [0.717, 1.165) is 6.92 Å². The number of carbonyl (C=O) groups excluding carboxylic acids is 1. The molecule has 0 spiro atoms. The van der Waals surface area contributed by atoms with E-state index >= 15 is 0 Å². The maximum Gasteiger partial charge on any atom is 0.498 e. The van der Waals surface area contributed by atoms with Gasteiger partial charge in [-0.05, 0) is 13.3 Å². The lowest BCUT2D eigenvalue weighted by atomic mass is 10.0. The SMILES string of the molecule is CCC(C)C(=O)NC(C)C(C)C(S(=O)(=O)C(F)(F)F)S(=O)(=O)C(F)(F)F. The summed E-state index contributed by atoms with van der Waals surface area (Å²) in [7, 11) is -13.5. The standard InChI is InChI=1S/C12H19F6NO5S2/c1-5-6(2)9(20)19-8(4)7(3)10(25(21,22)11(13,14)15)26(23,24)12(16,17)18/h6-8,10H,5H2,1-4H3,(H,19,20). The lowest BCUT2D eigenvalue weighted by Gasteiger charge is -2.30. The molecule has 0 saturated heterocycles. The Morgan fingerprint density at radius 3 is 1.50 bits per heavy atom. The molecule has 14 heteroatoms. The largest absolute Gasteiger partial charge is 0.498 e. The monoisotopic (exact) mass is 435 g/mol. The molecule has 0 aliphatic heterocycles. The van der Waals surface area contributed by atoms with E-state index in [1.54, 1.807) is 6.92 Å². The van der Waals surface area contributed by atoms with Crippen LogP contribution in [0.15, 0.2) is 0 Å². The fourth-order valence-electron chi connectivity index (χ4n) is 1.91. The van der Waals surface area contributed by atoms with Crippen molar-refractivity contribution in [3.8, 4) is 0 Å². The lowest BCUT2D eigenvalue weighted by Crippen LogP contribution is -2.53. The number of hydrogen-bond acceptors (Lipinski definition) is 5. The second-order valence-electron chi connectivity index (χ2n) is 5.82. The van der Waals surface area contributed by atoms with Crippen molar-refractivity contribution in [1.29, 1.82) is 0 Å². The molecule has 0 aromatic heterocycles. The Hall–Kier alpha value is -1.05. The highest BCUT2D eigenvalue weighted by Gasteiger charge is 2.64. The van der Waals surface area contributed by atoms with Gasteiger partial charge in [-0.2, -0.15) is 26.3 Å². The van der Waals surface area contributed by atoms with Gasteiger partial charge < -0.3 is 5.32 Å². The maximum atomic E-state index is 12.8. The normalized spacial score (nSPS) is 17.7. The second kappa shape index (κ2) is 7.90. The summed E-state index contributed by atoms with van der Waals surface area (Å²) < 4.78 is 119.